The molecule has 1 amide bonds. The number of anilines is 1. The van der Waals surface area contributed by atoms with Crippen molar-refractivity contribution in [3.05, 3.63) is 46.4 Å². The van der Waals surface area contributed by atoms with Crippen LogP contribution >= 0.6 is 11.3 Å². The Bertz CT molecular complexity index is 524. The van der Waals surface area contributed by atoms with E-state index in [9.17, 15) is 4.79 Å². The number of nitrogen functional groups attached to an aromatic ring is 1. The van der Waals surface area contributed by atoms with E-state index >= 15 is 0 Å². The average Bonchev–Trinajstić information content (AvgIpc) is 2.82. The van der Waals surface area contributed by atoms with Gasteiger partial charge in [-0.25, -0.2) is 0 Å². The summed E-state index contributed by atoms with van der Waals surface area (Å²) in [6, 6.07) is 7.44. The third kappa shape index (κ3) is 2.68. The third-order valence-electron chi connectivity index (χ3n) is 2.64. The van der Waals surface area contributed by atoms with Gasteiger partial charge in [0.1, 0.15) is 4.88 Å². The van der Waals surface area contributed by atoms with Crippen molar-refractivity contribution in [2.24, 2.45) is 0 Å². The highest BCUT2D eigenvalue weighted by molar-refractivity contribution is 7.12. The summed E-state index contributed by atoms with van der Waals surface area (Å²) in [6.45, 7) is 3.09. The maximum absolute atomic E-state index is 12.3. The third-order valence-corrected chi connectivity index (χ3v) is 3.56. The van der Waals surface area contributed by atoms with Crippen LogP contribution in [-0.2, 0) is 6.54 Å². The van der Waals surface area contributed by atoms with E-state index in [4.69, 9.17) is 5.73 Å². The lowest BCUT2D eigenvalue weighted by molar-refractivity contribution is 0.0756. The number of thiophene rings is 1. The van der Waals surface area contributed by atoms with Crippen molar-refractivity contribution >= 4 is 22.9 Å². The molecule has 0 spiro atoms. The molecule has 2 aromatic heterocycles. The molecule has 2 heterocycles. The molecule has 0 saturated carbocycles. The van der Waals surface area contributed by atoms with Gasteiger partial charge in [0.25, 0.3) is 5.91 Å². The van der Waals surface area contributed by atoms with Crippen LogP contribution < -0.4 is 5.73 Å². The number of amides is 1. The molecule has 5 heteroatoms. The molecule has 0 fully saturated rings. The van der Waals surface area contributed by atoms with Gasteiger partial charge in [-0.15, -0.1) is 11.3 Å². The lowest BCUT2D eigenvalue weighted by Crippen LogP contribution is -2.30. The first kappa shape index (κ1) is 12.6. The summed E-state index contributed by atoms with van der Waals surface area (Å²) in [5, 5.41) is 1.83. The second-order valence-corrected chi connectivity index (χ2v) is 4.76. The first-order chi connectivity index (χ1) is 8.72. The van der Waals surface area contributed by atoms with Crippen molar-refractivity contribution in [2.75, 3.05) is 12.3 Å². The molecule has 18 heavy (non-hydrogen) atoms. The Kier molecular flexibility index (Phi) is 3.94. The van der Waals surface area contributed by atoms with Crippen molar-refractivity contribution in [1.82, 2.24) is 9.88 Å². The number of carbonyl (C=O) groups excluding carboxylic acids is 1. The monoisotopic (exact) mass is 261 g/mol. The number of hydrogen-bond acceptors (Lipinski definition) is 4. The molecular weight excluding hydrogens is 246 g/mol. The summed E-state index contributed by atoms with van der Waals surface area (Å²) in [4.78, 5) is 18.9. The van der Waals surface area contributed by atoms with E-state index in [-0.39, 0.29) is 5.91 Å². The smallest absolute Gasteiger partial charge is 0.266 e. The molecule has 0 bridgehead atoms. The van der Waals surface area contributed by atoms with E-state index in [2.05, 4.69) is 4.98 Å². The summed E-state index contributed by atoms with van der Waals surface area (Å²) >= 11 is 1.38. The number of nitrogens with two attached hydrogens (primary N) is 1. The predicted molar refractivity (Wildman–Crippen MR) is 73.4 cm³/mol. The van der Waals surface area contributed by atoms with Crippen molar-refractivity contribution in [3.8, 4) is 0 Å². The number of carbonyl (C=O) groups is 1. The molecule has 2 aromatic rings. The van der Waals surface area contributed by atoms with Crippen molar-refractivity contribution < 1.29 is 4.79 Å². The van der Waals surface area contributed by atoms with E-state index in [0.29, 0.717) is 23.7 Å². The summed E-state index contributed by atoms with van der Waals surface area (Å²) in [5.41, 5.74) is 7.20. The van der Waals surface area contributed by atoms with Gasteiger partial charge in [-0.05, 0) is 30.5 Å². The van der Waals surface area contributed by atoms with E-state index in [1.807, 2.05) is 30.5 Å². The first-order valence-corrected chi connectivity index (χ1v) is 6.62. The minimum absolute atomic E-state index is 0.0318. The summed E-state index contributed by atoms with van der Waals surface area (Å²) in [7, 11) is 0. The SMILES string of the molecule is CCN(Cc1ccccn1)C(=O)c1sccc1N. The van der Waals surface area contributed by atoms with Gasteiger partial charge >= 0.3 is 0 Å². The van der Waals surface area contributed by atoms with E-state index < -0.39 is 0 Å². The van der Waals surface area contributed by atoms with Crippen LogP contribution in [0.1, 0.15) is 22.3 Å². The maximum Gasteiger partial charge on any atom is 0.266 e. The molecule has 0 aliphatic carbocycles. The molecule has 0 aliphatic heterocycles. The molecule has 94 valence electrons. The van der Waals surface area contributed by atoms with Crippen LogP contribution in [0.15, 0.2) is 35.8 Å². The minimum Gasteiger partial charge on any atom is -0.397 e. The maximum atomic E-state index is 12.3. The largest absolute Gasteiger partial charge is 0.397 e. The average molecular weight is 261 g/mol. The van der Waals surface area contributed by atoms with Crippen molar-refractivity contribution in [1.29, 1.82) is 0 Å². The zero-order valence-corrected chi connectivity index (χ0v) is 11.0. The number of pyridine rings is 1. The molecule has 0 aromatic carbocycles. The second-order valence-electron chi connectivity index (χ2n) is 3.85. The molecule has 0 radical (unpaired) electrons. The molecule has 0 atom stereocenters. The number of rotatable bonds is 4. The molecule has 0 unspecified atom stereocenters. The Hall–Kier alpha value is -1.88. The lowest BCUT2D eigenvalue weighted by Gasteiger charge is -2.20. The minimum atomic E-state index is -0.0318. The normalized spacial score (nSPS) is 10.3. The Morgan fingerprint density at radius 2 is 2.28 bits per heavy atom. The Labute approximate surface area is 110 Å². The van der Waals surface area contributed by atoms with E-state index in [1.54, 1.807) is 17.2 Å². The standard InChI is InChI=1S/C13H15N3OS/c1-2-16(9-10-5-3-4-7-15-10)13(17)12-11(14)6-8-18-12/h3-8H,2,9,14H2,1H3. The highest BCUT2D eigenvalue weighted by Gasteiger charge is 2.18. The van der Waals surface area contributed by atoms with Crippen molar-refractivity contribution in [3.63, 3.8) is 0 Å². The predicted octanol–water partition coefficient (Wildman–Crippen LogP) is 2.39. The zero-order chi connectivity index (χ0) is 13.0. The molecular formula is C13H15N3OS. The molecule has 2 N–H and O–H groups in total. The van der Waals surface area contributed by atoms with E-state index in [1.165, 1.54) is 11.3 Å². The fourth-order valence-electron chi connectivity index (χ4n) is 1.65. The van der Waals surface area contributed by atoms with Crippen LogP contribution in [0.5, 0.6) is 0 Å². The molecule has 4 nitrogen and oxygen atoms in total. The summed E-state index contributed by atoms with van der Waals surface area (Å²) in [5.74, 6) is -0.0318. The second kappa shape index (κ2) is 5.64. The molecule has 0 saturated heterocycles. The Balaban J connectivity index is 2.15. The van der Waals surface area contributed by atoms with Crippen molar-refractivity contribution in [2.45, 2.75) is 13.5 Å². The quantitative estimate of drug-likeness (QED) is 0.919. The van der Waals surface area contributed by atoms with Crippen LogP contribution in [0.3, 0.4) is 0 Å². The zero-order valence-electron chi connectivity index (χ0n) is 10.2. The van der Waals surface area contributed by atoms with Gasteiger partial charge in [-0.2, -0.15) is 0 Å². The number of aromatic nitrogens is 1. The fraction of sp³-hybridized carbons (Fsp3) is 0.231. The molecule has 2 rings (SSSR count). The Morgan fingerprint density at radius 1 is 1.44 bits per heavy atom. The summed E-state index contributed by atoms with van der Waals surface area (Å²) < 4.78 is 0. The topological polar surface area (TPSA) is 59.2 Å². The van der Waals surface area contributed by atoms with Gasteiger partial charge in [0.15, 0.2) is 0 Å². The highest BCUT2D eigenvalue weighted by Crippen LogP contribution is 2.21. The van der Waals surface area contributed by atoms with Gasteiger partial charge in [0, 0.05) is 12.7 Å². The molecule has 0 aliphatic rings. The van der Waals surface area contributed by atoms with Crippen LogP contribution in [-0.4, -0.2) is 22.3 Å². The van der Waals surface area contributed by atoms with Gasteiger partial charge in [0.05, 0.1) is 17.9 Å². The number of hydrogen-bond donors (Lipinski definition) is 1. The van der Waals surface area contributed by atoms with Crippen LogP contribution in [0.25, 0.3) is 0 Å². The lowest BCUT2D eigenvalue weighted by atomic mass is 10.3. The van der Waals surface area contributed by atoms with Gasteiger partial charge in [-0.1, -0.05) is 6.07 Å². The van der Waals surface area contributed by atoms with E-state index in [0.717, 1.165) is 5.69 Å². The van der Waals surface area contributed by atoms with Crippen LogP contribution in [0.4, 0.5) is 5.69 Å². The number of nitrogens with zero attached hydrogens (tertiary/aromatic N) is 2. The fourth-order valence-corrected chi connectivity index (χ4v) is 2.44. The van der Waals surface area contributed by atoms with Gasteiger partial charge in [-0.3, -0.25) is 9.78 Å². The summed E-state index contributed by atoms with van der Waals surface area (Å²) in [6.07, 6.45) is 1.73. The van der Waals surface area contributed by atoms with Crippen LogP contribution in [0, 0.1) is 0 Å². The highest BCUT2D eigenvalue weighted by atomic mass is 32.1. The van der Waals surface area contributed by atoms with Gasteiger partial charge in [0.2, 0.25) is 0 Å². The van der Waals surface area contributed by atoms with Crippen LogP contribution in [0.2, 0.25) is 0 Å². The Morgan fingerprint density at radius 3 is 2.83 bits per heavy atom. The first-order valence-electron chi connectivity index (χ1n) is 5.74. The van der Waals surface area contributed by atoms with Gasteiger partial charge < -0.3 is 10.6 Å².